The smallest absolute Gasteiger partial charge is 0.262 e. The molecule has 0 saturated heterocycles. The van der Waals surface area contributed by atoms with Gasteiger partial charge in [0.1, 0.15) is 0 Å². The number of nitrogens with one attached hydrogen (secondary N) is 1. The Balaban J connectivity index is 1.52. The summed E-state index contributed by atoms with van der Waals surface area (Å²) in [5, 5.41) is 14.4. The molecule has 0 aliphatic heterocycles. The number of benzene rings is 3. The van der Waals surface area contributed by atoms with E-state index in [9.17, 15) is 4.79 Å². The van der Waals surface area contributed by atoms with E-state index in [0.717, 1.165) is 23.9 Å². The summed E-state index contributed by atoms with van der Waals surface area (Å²) >= 11 is 3.39. The number of amides is 1. The molecule has 1 aliphatic rings. The third kappa shape index (κ3) is 3.79. The van der Waals surface area contributed by atoms with Crippen molar-refractivity contribution in [3.05, 3.63) is 63.6 Å². The Hall–Kier alpha value is -3.04. The summed E-state index contributed by atoms with van der Waals surface area (Å²) < 4.78 is 11.9. The van der Waals surface area contributed by atoms with Crippen molar-refractivity contribution in [3.63, 3.8) is 0 Å². The van der Waals surface area contributed by atoms with Gasteiger partial charge in [-0.1, -0.05) is 24.3 Å². The van der Waals surface area contributed by atoms with Crippen molar-refractivity contribution < 1.29 is 14.3 Å². The van der Waals surface area contributed by atoms with Crippen molar-refractivity contribution in [2.24, 2.45) is 0 Å². The molecule has 0 spiro atoms. The minimum Gasteiger partial charge on any atom is -0.490 e. The summed E-state index contributed by atoms with van der Waals surface area (Å²) in [6, 6.07) is 15.6. The predicted molar refractivity (Wildman–Crippen MR) is 116 cm³/mol. The average Bonchev–Trinajstić information content (AvgIpc) is 3.14. The summed E-state index contributed by atoms with van der Waals surface area (Å²) in [7, 11) is 0. The number of ether oxygens (including phenoxy) is 2. The molecule has 0 radical (unpaired) electrons. The van der Waals surface area contributed by atoms with Crippen LogP contribution in [-0.2, 0) is 17.6 Å². The summed E-state index contributed by atoms with van der Waals surface area (Å²) in [6.45, 7) is 2.09. The van der Waals surface area contributed by atoms with E-state index in [0.29, 0.717) is 28.1 Å². The van der Waals surface area contributed by atoms with Gasteiger partial charge >= 0.3 is 0 Å². The first-order valence-corrected chi connectivity index (χ1v) is 10.2. The molecule has 3 aromatic carbocycles. The zero-order valence-corrected chi connectivity index (χ0v) is 17.5. The number of nitriles is 1. The second-order valence-corrected chi connectivity index (χ2v) is 7.63. The lowest BCUT2D eigenvalue weighted by Crippen LogP contribution is -2.20. The molecule has 0 unspecified atom stereocenters. The number of carbonyl (C=O) groups is 1. The molecule has 0 bridgehead atoms. The highest BCUT2D eigenvalue weighted by atomic mass is 79.9. The largest absolute Gasteiger partial charge is 0.490 e. The summed E-state index contributed by atoms with van der Waals surface area (Å²) in [5.41, 5.74) is 3.88. The lowest BCUT2D eigenvalue weighted by Gasteiger charge is -2.15. The van der Waals surface area contributed by atoms with E-state index in [1.165, 1.54) is 16.5 Å². The number of anilines is 1. The first kappa shape index (κ1) is 19.3. The van der Waals surface area contributed by atoms with Gasteiger partial charge in [-0.3, -0.25) is 4.79 Å². The molecule has 146 valence electrons. The number of nitrogens with zero attached hydrogens (tertiary/aromatic N) is 1. The van der Waals surface area contributed by atoms with Gasteiger partial charge in [-0.2, -0.15) is 5.26 Å². The van der Waals surface area contributed by atoms with Crippen molar-refractivity contribution in [1.29, 1.82) is 5.26 Å². The zero-order chi connectivity index (χ0) is 20.4. The van der Waals surface area contributed by atoms with Crippen molar-refractivity contribution in [3.8, 4) is 17.6 Å². The van der Waals surface area contributed by atoms with E-state index in [1.54, 1.807) is 12.1 Å². The molecule has 1 N–H and O–H groups in total. The van der Waals surface area contributed by atoms with Crippen LogP contribution in [-0.4, -0.2) is 19.1 Å². The molecular formula is C23H19BrN2O3. The quantitative estimate of drug-likeness (QED) is 0.574. The Morgan fingerprint density at radius 2 is 1.97 bits per heavy atom. The summed E-state index contributed by atoms with van der Waals surface area (Å²) in [4.78, 5) is 12.6. The fourth-order valence-corrected chi connectivity index (χ4v) is 4.27. The maximum Gasteiger partial charge on any atom is 0.262 e. The molecular weight excluding hydrogens is 432 g/mol. The monoisotopic (exact) mass is 450 g/mol. The van der Waals surface area contributed by atoms with Crippen LogP contribution in [0.15, 0.2) is 46.9 Å². The zero-order valence-electron chi connectivity index (χ0n) is 15.9. The van der Waals surface area contributed by atoms with Crippen molar-refractivity contribution in [2.75, 3.05) is 18.5 Å². The summed E-state index contributed by atoms with van der Waals surface area (Å²) in [5.74, 6) is 0.570. The minimum absolute atomic E-state index is 0.173. The number of aryl methyl sites for hydroxylation is 2. The van der Waals surface area contributed by atoms with Gasteiger partial charge in [0.2, 0.25) is 0 Å². The van der Waals surface area contributed by atoms with E-state index in [1.807, 2.05) is 25.1 Å². The van der Waals surface area contributed by atoms with Crippen LogP contribution < -0.4 is 14.8 Å². The standard InChI is InChI=1S/C23H19BrN2O3/c1-2-28-20-11-14(12-25)10-18(24)23(20)29-13-21(27)26-19-9-8-16-7-6-15-4-3-5-17(19)22(15)16/h3-5,8-11H,2,6-7,13H2,1H3,(H,26,27). The second-order valence-electron chi connectivity index (χ2n) is 6.78. The predicted octanol–water partition coefficient (Wildman–Crippen LogP) is 4.99. The van der Waals surface area contributed by atoms with Crippen molar-refractivity contribution in [2.45, 2.75) is 19.8 Å². The fourth-order valence-electron chi connectivity index (χ4n) is 3.72. The molecule has 0 saturated carbocycles. The molecule has 0 fully saturated rings. The first-order valence-electron chi connectivity index (χ1n) is 9.43. The number of hydrogen-bond acceptors (Lipinski definition) is 4. The maximum atomic E-state index is 12.6. The van der Waals surface area contributed by atoms with E-state index in [2.05, 4.69) is 39.4 Å². The van der Waals surface area contributed by atoms with Crippen LogP contribution in [0.4, 0.5) is 5.69 Å². The lowest BCUT2D eigenvalue weighted by molar-refractivity contribution is -0.118. The molecule has 6 heteroatoms. The molecule has 0 atom stereocenters. The van der Waals surface area contributed by atoms with Crippen LogP contribution in [0.3, 0.4) is 0 Å². The number of hydrogen-bond donors (Lipinski definition) is 1. The van der Waals surface area contributed by atoms with Crippen LogP contribution in [0.25, 0.3) is 10.8 Å². The van der Waals surface area contributed by atoms with Gasteiger partial charge < -0.3 is 14.8 Å². The average molecular weight is 451 g/mol. The van der Waals surface area contributed by atoms with Crippen LogP contribution >= 0.6 is 15.9 Å². The molecule has 3 aromatic rings. The van der Waals surface area contributed by atoms with Gasteiger partial charge in [0.15, 0.2) is 18.1 Å². The van der Waals surface area contributed by atoms with Gasteiger partial charge in [-0.15, -0.1) is 0 Å². The highest BCUT2D eigenvalue weighted by Gasteiger charge is 2.18. The van der Waals surface area contributed by atoms with Crippen LogP contribution in [0, 0.1) is 11.3 Å². The third-order valence-corrected chi connectivity index (χ3v) is 5.53. The van der Waals surface area contributed by atoms with Gasteiger partial charge in [0, 0.05) is 17.1 Å². The molecule has 4 rings (SSSR count). The van der Waals surface area contributed by atoms with Gasteiger partial charge in [-0.05, 0) is 64.3 Å². The second kappa shape index (κ2) is 8.14. The minimum atomic E-state index is -0.262. The fraction of sp³-hybridized carbons (Fsp3) is 0.217. The number of halogens is 1. The third-order valence-electron chi connectivity index (χ3n) is 4.94. The van der Waals surface area contributed by atoms with E-state index in [4.69, 9.17) is 14.7 Å². The van der Waals surface area contributed by atoms with Crippen LogP contribution in [0.2, 0.25) is 0 Å². The van der Waals surface area contributed by atoms with Gasteiger partial charge in [0.25, 0.3) is 5.91 Å². The van der Waals surface area contributed by atoms with Gasteiger partial charge in [0.05, 0.1) is 22.7 Å². The summed E-state index contributed by atoms with van der Waals surface area (Å²) in [6.07, 6.45) is 2.08. The van der Waals surface area contributed by atoms with E-state index >= 15 is 0 Å². The first-order chi connectivity index (χ1) is 14.1. The van der Waals surface area contributed by atoms with Crippen LogP contribution in [0.5, 0.6) is 11.5 Å². The molecule has 1 amide bonds. The highest BCUT2D eigenvalue weighted by molar-refractivity contribution is 9.10. The maximum absolute atomic E-state index is 12.6. The lowest BCUT2D eigenvalue weighted by atomic mass is 10.0. The Morgan fingerprint density at radius 1 is 1.17 bits per heavy atom. The van der Waals surface area contributed by atoms with E-state index in [-0.39, 0.29) is 12.5 Å². The Bertz CT molecular complexity index is 1140. The van der Waals surface area contributed by atoms with E-state index < -0.39 is 0 Å². The topological polar surface area (TPSA) is 71.3 Å². The number of carbonyl (C=O) groups excluding carboxylic acids is 1. The van der Waals surface area contributed by atoms with Crippen LogP contribution in [0.1, 0.15) is 23.6 Å². The number of rotatable bonds is 6. The van der Waals surface area contributed by atoms with Gasteiger partial charge in [-0.25, -0.2) is 0 Å². The molecule has 1 aliphatic carbocycles. The highest BCUT2D eigenvalue weighted by Crippen LogP contribution is 2.37. The molecule has 0 aromatic heterocycles. The Labute approximate surface area is 177 Å². The molecule has 0 heterocycles. The van der Waals surface area contributed by atoms with Crippen molar-refractivity contribution in [1.82, 2.24) is 0 Å². The molecule has 29 heavy (non-hydrogen) atoms. The normalized spacial score (nSPS) is 11.9. The van der Waals surface area contributed by atoms with Crippen molar-refractivity contribution >= 4 is 38.3 Å². The molecule has 5 nitrogen and oxygen atoms in total. The Kier molecular flexibility index (Phi) is 5.41. The SMILES string of the molecule is CCOc1cc(C#N)cc(Br)c1OCC(=O)Nc1ccc2c3c(cccc13)CC2. The Morgan fingerprint density at radius 3 is 2.72 bits per heavy atom.